The minimum Gasteiger partial charge on any atom is -0.384 e. The van der Waals surface area contributed by atoms with Crippen LogP contribution >= 0.6 is 15.9 Å². The number of hydrogen-bond donors (Lipinski definition) is 0. The molecule has 0 aliphatic carbocycles. The van der Waals surface area contributed by atoms with E-state index in [-0.39, 0.29) is 0 Å². The van der Waals surface area contributed by atoms with Crippen LogP contribution in [0.15, 0.2) is 16.9 Å². The fraction of sp³-hybridized carbons (Fsp3) is 0.429. The molecule has 0 atom stereocenters. The van der Waals surface area contributed by atoms with Gasteiger partial charge in [0.25, 0.3) is 0 Å². The Morgan fingerprint density at radius 1 is 1.64 bits per heavy atom. The third-order valence-corrected chi connectivity index (χ3v) is 1.64. The zero-order chi connectivity index (χ0) is 8.10. The fourth-order valence-electron chi connectivity index (χ4n) is 0.688. The Morgan fingerprint density at radius 3 is 3.09 bits per heavy atom. The van der Waals surface area contributed by atoms with E-state index in [0.717, 1.165) is 16.8 Å². The second kappa shape index (κ2) is 4.41. The highest BCUT2D eigenvalue weighted by Gasteiger charge is 1.95. The van der Waals surface area contributed by atoms with Crippen LogP contribution < -0.4 is 0 Å². The summed E-state index contributed by atoms with van der Waals surface area (Å²) >= 11 is 3.26. The third kappa shape index (κ3) is 2.95. The van der Waals surface area contributed by atoms with Gasteiger partial charge in [0.05, 0.1) is 6.61 Å². The highest BCUT2D eigenvalue weighted by atomic mass is 79.9. The highest BCUT2D eigenvalue weighted by Crippen LogP contribution is 2.03. The van der Waals surface area contributed by atoms with Crippen molar-refractivity contribution < 1.29 is 4.74 Å². The molecule has 1 aromatic heterocycles. The van der Waals surface area contributed by atoms with E-state index in [4.69, 9.17) is 4.74 Å². The predicted octanol–water partition coefficient (Wildman–Crippen LogP) is 1.43. The van der Waals surface area contributed by atoms with Crippen molar-refractivity contribution in [3.63, 3.8) is 0 Å². The number of aromatic nitrogens is 2. The third-order valence-electron chi connectivity index (χ3n) is 1.20. The van der Waals surface area contributed by atoms with Gasteiger partial charge in [-0.1, -0.05) is 0 Å². The minimum atomic E-state index is 0.663. The monoisotopic (exact) mass is 216 g/mol. The van der Waals surface area contributed by atoms with Crippen LogP contribution in [0.4, 0.5) is 0 Å². The van der Waals surface area contributed by atoms with Crippen LogP contribution in [-0.2, 0) is 11.2 Å². The molecule has 1 aromatic rings. The molecule has 0 spiro atoms. The second-order valence-electron chi connectivity index (χ2n) is 2.04. The average molecular weight is 217 g/mol. The van der Waals surface area contributed by atoms with Crippen molar-refractivity contribution >= 4 is 15.9 Å². The van der Waals surface area contributed by atoms with Gasteiger partial charge >= 0.3 is 0 Å². The Labute approximate surface area is 73.9 Å². The first kappa shape index (κ1) is 8.62. The smallest absolute Gasteiger partial charge is 0.131 e. The summed E-state index contributed by atoms with van der Waals surface area (Å²) in [5.74, 6) is 0.807. The van der Waals surface area contributed by atoms with Crippen molar-refractivity contribution in [2.45, 2.75) is 6.42 Å². The fourth-order valence-corrected chi connectivity index (χ4v) is 1.01. The summed E-state index contributed by atoms with van der Waals surface area (Å²) < 4.78 is 5.71. The van der Waals surface area contributed by atoms with Crippen LogP contribution in [-0.4, -0.2) is 23.7 Å². The number of nitrogens with zero attached hydrogens (tertiary/aromatic N) is 2. The van der Waals surface area contributed by atoms with Crippen molar-refractivity contribution in [3.8, 4) is 0 Å². The van der Waals surface area contributed by atoms with Gasteiger partial charge in [0.2, 0.25) is 0 Å². The summed E-state index contributed by atoms with van der Waals surface area (Å²) in [5.41, 5.74) is 0. The molecule has 0 N–H and O–H groups in total. The van der Waals surface area contributed by atoms with E-state index in [1.165, 1.54) is 0 Å². The van der Waals surface area contributed by atoms with Crippen LogP contribution in [0.3, 0.4) is 0 Å². The lowest BCUT2D eigenvalue weighted by Crippen LogP contribution is -1.99. The molecule has 0 saturated carbocycles. The van der Waals surface area contributed by atoms with Crippen molar-refractivity contribution in [1.29, 1.82) is 0 Å². The maximum atomic E-state index is 4.89. The van der Waals surface area contributed by atoms with Crippen molar-refractivity contribution in [2.75, 3.05) is 13.7 Å². The van der Waals surface area contributed by atoms with Gasteiger partial charge in [-0.25, -0.2) is 9.97 Å². The Kier molecular flexibility index (Phi) is 3.45. The molecular formula is C7H9BrN2O. The second-order valence-corrected chi connectivity index (χ2v) is 2.85. The lowest BCUT2D eigenvalue weighted by Gasteiger charge is -1.97. The van der Waals surface area contributed by atoms with Crippen molar-refractivity contribution in [1.82, 2.24) is 9.97 Å². The van der Waals surface area contributed by atoms with Gasteiger partial charge in [-0.05, 0) is 22.0 Å². The van der Waals surface area contributed by atoms with E-state index in [0.29, 0.717) is 6.61 Å². The maximum Gasteiger partial charge on any atom is 0.131 e. The topological polar surface area (TPSA) is 35.0 Å². The summed E-state index contributed by atoms with van der Waals surface area (Å²) in [6.07, 6.45) is 2.48. The molecule has 1 rings (SSSR count). The first-order valence-corrected chi connectivity index (χ1v) is 4.08. The molecule has 0 radical (unpaired) electrons. The maximum absolute atomic E-state index is 4.89. The zero-order valence-corrected chi connectivity index (χ0v) is 7.84. The van der Waals surface area contributed by atoms with Gasteiger partial charge in [0.1, 0.15) is 10.4 Å². The molecule has 0 aromatic carbocycles. The van der Waals surface area contributed by atoms with Crippen molar-refractivity contribution in [3.05, 3.63) is 22.7 Å². The Bertz CT molecular complexity index is 229. The molecule has 11 heavy (non-hydrogen) atoms. The molecule has 0 bridgehead atoms. The predicted molar refractivity (Wildman–Crippen MR) is 45.3 cm³/mol. The summed E-state index contributed by atoms with van der Waals surface area (Å²) in [5, 5.41) is 0. The van der Waals surface area contributed by atoms with Crippen LogP contribution in [0.25, 0.3) is 0 Å². The van der Waals surface area contributed by atoms with Crippen LogP contribution in [0.2, 0.25) is 0 Å². The Hall–Kier alpha value is -0.480. The number of methoxy groups -OCH3 is 1. The first-order chi connectivity index (χ1) is 5.33. The molecule has 4 heteroatoms. The van der Waals surface area contributed by atoms with E-state index < -0.39 is 0 Å². The average Bonchev–Trinajstić information content (AvgIpc) is 2.01. The molecule has 0 aliphatic heterocycles. The van der Waals surface area contributed by atoms with E-state index in [9.17, 15) is 0 Å². The van der Waals surface area contributed by atoms with Gasteiger partial charge in [0.15, 0.2) is 0 Å². The molecule has 0 amide bonds. The number of rotatable bonds is 3. The highest BCUT2D eigenvalue weighted by molar-refractivity contribution is 9.10. The zero-order valence-electron chi connectivity index (χ0n) is 6.25. The van der Waals surface area contributed by atoms with Crippen molar-refractivity contribution in [2.24, 2.45) is 0 Å². The van der Waals surface area contributed by atoms with Gasteiger partial charge in [0, 0.05) is 19.7 Å². The minimum absolute atomic E-state index is 0.663. The van der Waals surface area contributed by atoms with Gasteiger partial charge < -0.3 is 4.74 Å². The summed E-state index contributed by atoms with van der Waals surface area (Å²) in [6.45, 7) is 0.663. The van der Waals surface area contributed by atoms with E-state index >= 15 is 0 Å². The standard InChI is InChI=1S/C7H9BrN2O/c1-11-5-3-7-9-4-2-6(8)10-7/h2,4H,3,5H2,1H3. The van der Waals surface area contributed by atoms with E-state index in [1.54, 1.807) is 19.4 Å². The first-order valence-electron chi connectivity index (χ1n) is 3.29. The lowest BCUT2D eigenvalue weighted by molar-refractivity contribution is 0.200. The molecule has 0 saturated heterocycles. The molecular weight excluding hydrogens is 208 g/mol. The number of ether oxygens (including phenoxy) is 1. The Morgan fingerprint density at radius 2 is 2.45 bits per heavy atom. The normalized spacial score (nSPS) is 10.0. The Balaban J connectivity index is 2.56. The molecule has 3 nitrogen and oxygen atoms in total. The molecule has 0 unspecified atom stereocenters. The summed E-state index contributed by atoms with van der Waals surface area (Å²) in [4.78, 5) is 8.19. The molecule has 60 valence electrons. The summed E-state index contributed by atoms with van der Waals surface area (Å²) in [7, 11) is 1.66. The van der Waals surface area contributed by atoms with Crippen LogP contribution in [0.1, 0.15) is 5.82 Å². The largest absolute Gasteiger partial charge is 0.384 e. The number of halogens is 1. The van der Waals surface area contributed by atoms with E-state index in [2.05, 4.69) is 25.9 Å². The van der Waals surface area contributed by atoms with Crippen LogP contribution in [0, 0.1) is 0 Å². The quantitative estimate of drug-likeness (QED) is 0.718. The molecule has 1 heterocycles. The molecule has 0 aliphatic rings. The van der Waals surface area contributed by atoms with Crippen LogP contribution in [0.5, 0.6) is 0 Å². The van der Waals surface area contributed by atoms with Gasteiger partial charge in [-0.15, -0.1) is 0 Å². The lowest BCUT2D eigenvalue weighted by atomic mass is 10.4. The SMILES string of the molecule is COCCc1nccc(Br)n1. The molecule has 0 fully saturated rings. The summed E-state index contributed by atoms with van der Waals surface area (Å²) in [6, 6.07) is 1.80. The van der Waals surface area contributed by atoms with E-state index in [1.807, 2.05) is 0 Å². The number of hydrogen-bond acceptors (Lipinski definition) is 3. The van der Waals surface area contributed by atoms with Gasteiger partial charge in [-0.3, -0.25) is 0 Å². The van der Waals surface area contributed by atoms with Gasteiger partial charge in [-0.2, -0.15) is 0 Å².